The molecule has 0 N–H and O–H groups in total. The quantitative estimate of drug-likeness (QED) is 0.299. The Labute approximate surface area is 234 Å². The van der Waals surface area contributed by atoms with Crippen LogP contribution in [0.2, 0.25) is 0 Å². The Morgan fingerprint density at radius 3 is 2.58 bits per heavy atom. The molecule has 38 heavy (non-hydrogen) atoms. The average molecular weight is 595 g/mol. The lowest BCUT2D eigenvalue weighted by molar-refractivity contribution is -0.137. The van der Waals surface area contributed by atoms with Gasteiger partial charge in [0.1, 0.15) is 5.75 Å². The smallest absolute Gasteiger partial charge is 0.260 e. The molecule has 196 valence electrons. The number of aromatic nitrogens is 3. The van der Waals surface area contributed by atoms with Crippen LogP contribution >= 0.6 is 27.3 Å². The molecule has 2 amide bonds. The molecule has 0 aliphatic carbocycles. The molecule has 0 spiro atoms. The van der Waals surface area contributed by atoms with Gasteiger partial charge in [-0.25, -0.2) is 9.67 Å². The molecule has 8 nitrogen and oxygen atoms in total. The summed E-state index contributed by atoms with van der Waals surface area (Å²) < 4.78 is 8.42. The zero-order chi connectivity index (χ0) is 26.6. The summed E-state index contributed by atoms with van der Waals surface area (Å²) in [5.74, 6) is 0.508. The third-order valence-electron chi connectivity index (χ3n) is 6.59. The van der Waals surface area contributed by atoms with Crippen LogP contribution in [-0.4, -0.2) is 68.7 Å². The van der Waals surface area contributed by atoms with E-state index in [1.54, 1.807) is 15.8 Å². The Hall–Kier alpha value is -3.50. The van der Waals surface area contributed by atoms with Crippen molar-refractivity contribution in [1.29, 1.82) is 0 Å². The van der Waals surface area contributed by atoms with E-state index in [0.29, 0.717) is 37.4 Å². The lowest BCUT2D eigenvalue weighted by Gasteiger charge is -2.39. The highest BCUT2D eigenvalue weighted by molar-refractivity contribution is 9.10. The largest absolute Gasteiger partial charge is 0.484 e. The number of carbonyl (C=O) groups is 2. The highest BCUT2D eigenvalue weighted by Gasteiger charge is 2.32. The molecule has 2 aromatic heterocycles. The van der Waals surface area contributed by atoms with Gasteiger partial charge < -0.3 is 14.5 Å². The molecule has 10 heteroatoms. The second kappa shape index (κ2) is 11.5. The third-order valence-corrected chi connectivity index (χ3v) is 7.93. The van der Waals surface area contributed by atoms with Crippen LogP contribution in [0.15, 0.2) is 70.6 Å². The molecule has 1 atom stereocenters. The van der Waals surface area contributed by atoms with E-state index in [0.717, 1.165) is 26.6 Å². The second-order valence-corrected chi connectivity index (χ2v) is 10.8. The van der Waals surface area contributed by atoms with E-state index in [4.69, 9.17) is 9.72 Å². The summed E-state index contributed by atoms with van der Waals surface area (Å²) in [6, 6.07) is 17.2. The van der Waals surface area contributed by atoms with Crippen LogP contribution in [-0.2, 0) is 11.2 Å². The van der Waals surface area contributed by atoms with Crippen molar-refractivity contribution in [2.75, 3.05) is 26.2 Å². The van der Waals surface area contributed by atoms with Crippen molar-refractivity contribution in [2.24, 2.45) is 0 Å². The molecular weight excluding hydrogens is 566 g/mol. The molecule has 4 aromatic rings. The highest BCUT2D eigenvalue weighted by atomic mass is 79.9. The van der Waals surface area contributed by atoms with Gasteiger partial charge in [0, 0.05) is 41.1 Å². The maximum Gasteiger partial charge on any atom is 0.260 e. The van der Waals surface area contributed by atoms with Crippen molar-refractivity contribution in [2.45, 2.75) is 26.3 Å². The Morgan fingerprint density at radius 2 is 1.87 bits per heavy atom. The molecule has 1 aliphatic heterocycles. The van der Waals surface area contributed by atoms with E-state index in [1.807, 2.05) is 78.7 Å². The van der Waals surface area contributed by atoms with Crippen molar-refractivity contribution >= 4 is 39.1 Å². The van der Waals surface area contributed by atoms with E-state index in [2.05, 4.69) is 21.0 Å². The van der Waals surface area contributed by atoms with Gasteiger partial charge in [0.05, 0.1) is 23.1 Å². The van der Waals surface area contributed by atoms with Gasteiger partial charge in [-0.05, 0) is 37.6 Å². The monoisotopic (exact) mass is 593 g/mol. The summed E-state index contributed by atoms with van der Waals surface area (Å²) in [6.45, 7) is 5.32. The van der Waals surface area contributed by atoms with Crippen molar-refractivity contribution in [3.63, 3.8) is 0 Å². The number of hydrogen-bond acceptors (Lipinski definition) is 6. The number of carbonyl (C=O) groups excluding carboxylic acids is 2. The fourth-order valence-electron chi connectivity index (χ4n) is 4.60. The first kappa shape index (κ1) is 26.1. The number of piperazine rings is 1. The van der Waals surface area contributed by atoms with Crippen LogP contribution in [0.5, 0.6) is 5.75 Å². The first-order valence-electron chi connectivity index (χ1n) is 12.5. The first-order chi connectivity index (χ1) is 18.4. The topological polar surface area (TPSA) is 80.6 Å². The van der Waals surface area contributed by atoms with Crippen molar-refractivity contribution in [3.05, 3.63) is 81.9 Å². The molecule has 1 saturated heterocycles. The van der Waals surface area contributed by atoms with E-state index in [1.165, 1.54) is 11.3 Å². The zero-order valence-electron chi connectivity index (χ0n) is 21.2. The Morgan fingerprint density at radius 1 is 1.11 bits per heavy atom. The standard InChI is InChI=1S/C28H28BrN5O3S/c1-3-25-23(15-30-34(25)28-31-24(18-38-28)20-9-11-21(29)12-10-20)27(36)32-13-14-33(19(2)16-32)26(35)17-37-22-7-5-4-6-8-22/h4-12,15,18-19H,3,13-14,16-17H2,1-2H3. The highest BCUT2D eigenvalue weighted by Crippen LogP contribution is 2.27. The molecule has 2 aromatic carbocycles. The van der Waals surface area contributed by atoms with Gasteiger partial charge in [-0.1, -0.05) is 53.2 Å². The maximum atomic E-state index is 13.5. The fourth-order valence-corrected chi connectivity index (χ4v) is 5.68. The number of amides is 2. The Bertz CT molecular complexity index is 1420. The molecule has 0 radical (unpaired) electrons. The summed E-state index contributed by atoms with van der Waals surface area (Å²) in [5, 5.41) is 7.26. The summed E-state index contributed by atoms with van der Waals surface area (Å²) in [5.41, 5.74) is 3.29. The normalized spacial score (nSPS) is 15.5. The Balaban J connectivity index is 1.25. The number of benzene rings is 2. The molecular formula is C28H28BrN5O3S. The minimum absolute atomic E-state index is 0.0227. The second-order valence-electron chi connectivity index (χ2n) is 9.08. The van der Waals surface area contributed by atoms with Crippen LogP contribution in [0.1, 0.15) is 29.9 Å². The minimum Gasteiger partial charge on any atom is -0.484 e. The molecule has 0 bridgehead atoms. The molecule has 0 saturated carbocycles. The third kappa shape index (κ3) is 5.51. The fraction of sp³-hybridized carbons (Fsp3) is 0.286. The minimum atomic E-state index is -0.118. The number of ether oxygens (including phenoxy) is 1. The van der Waals surface area contributed by atoms with Crippen molar-refractivity contribution in [3.8, 4) is 22.1 Å². The summed E-state index contributed by atoms with van der Waals surface area (Å²) >= 11 is 4.96. The van der Waals surface area contributed by atoms with E-state index in [9.17, 15) is 9.59 Å². The molecule has 5 rings (SSSR count). The average Bonchev–Trinajstić information content (AvgIpc) is 3.59. The predicted octanol–water partition coefficient (Wildman–Crippen LogP) is 5.07. The van der Waals surface area contributed by atoms with E-state index in [-0.39, 0.29) is 24.5 Å². The SMILES string of the molecule is CCc1c(C(=O)N2CCN(C(=O)COc3ccccc3)C(C)C2)cnn1-c1nc(-c2ccc(Br)cc2)cs1. The first-order valence-corrected chi connectivity index (χ1v) is 14.2. The van der Waals surface area contributed by atoms with Crippen LogP contribution in [0.3, 0.4) is 0 Å². The number of nitrogens with zero attached hydrogens (tertiary/aromatic N) is 5. The number of rotatable bonds is 7. The maximum absolute atomic E-state index is 13.5. The van der Waals surface area contributed by atoms with Gasteiger partial charge in [0.15, 0.2) is 6.61 Å². The van der Waals surface area contributed by atoms with E-state index >= 15 is 0 Å². The summed E-state index contributed by atoms with van der Waals surface area (Å²) in [7, 11) is 0. The van der Waals surface area contributed by atoms with Gasteiger partial charge in [-0.15, -0.1) is 11.3 Å². The zero-order valence-corrected chi connectivity index (χ0v) is 23.6. The Kier molecular flexibility index (Phi) is 7.90. The van der Waals surface area contributed by atoms with Gasteiger partial charge in [-0.3, -0.25) is 9.59 Å². The molecule has 3 heterocycles. The molecule has 1 fully saturated rings. The lowest BCUT2D eigenvalue weighted by Crippen LogP contribution is -2.56. The number of thiazole rings is 1. The van der Waals surface area contributed by atoms with Crippen molar-refractivity contribution < 1.29 is 14.3 Å². The van der Waals surface area contributed by atoms with Crippen LogP contribution < -0.4 is 4.74 Å². The van der Waals surface area contributed by atoms with Crippen LogP contribution in [0, 0.1) is 0 Å². The van der Waals surface area contributed by atoms with Crippen LogP contribution in [0.25, 0.3) is 16.4 Å². The molecule has 1 unspecified atom stereocenters. The predicted molar refractivity (Wildman–Crippen MR) is 151 cm³/mol. The van der Waals surface area contributed by atoms with Gasteiger partial charge in [0.25, 0.3) is 11.8 Å². The number of para-hydroxylation sites is 1. The van der Waals surface area contributed by atoms with Crippen molar-refractivity contribution in [1.82, 2.24) is 24.6 Å². The lowest BCUT2D eigenvalue weighted by atomic mass is 10.1. The summed E-state index contributed by atoms with van der Waals surface area (Å²) in [4.78, 5) is 34.7. The van der Waals surface area contributed by atoms with Crippen LogP contribution in [0.4, 0.5) is 0 Å². The van der Waals surface area contributed by atoms with Gasteiger partial charge in [0.2, 0.25) is 5.13 Å². The van der Waals surface area contributed by atoms with Gasteiger partial charge >= 0.3 is 0 Å². The summed E-state index contributed by atoms with van der Waals surface area (Å²) in [6.07, 6.45) is 2.27. The van der Waals surface area contributed by atoms with Gasteiger partial charge in [-0.2, -0.15) is 5.10 Å². The van der Waals surface area contributed by atoms with E-state index < -0.39 is 0 Å². The molecule has 1 aliphatic rings. The number of hydrogen-bond donors (Lipinski definition) is 0. The number of halogens is 1.